The van der Waals surface area contributed by atoms with Crippen molar-refractivity contribution in [3.8, 4) is 0 Å². The topological polar surface area (TPSA) is 55.8 Å². The van der Waals surface area contributed by atoms with Gasteiger partial charge in [-0.3, -0.25) is 9.69 Å². The molecular formula is C11H19NO4. The number of carbonyl (C=O) groups excluding carboxylic acids is 2. The van der Waals surface area contributed by atoms with Gasteiger partial charge in [-0.05, 0) is 34.6 Å². The van der Waals surface area contributed by atoms with Crippen LogP contribution in [-0.2, 0) is 14.3 Å². The van der Waals surface area contributed by atoms with Crippen molar-refractivity contribution in [3.63, 3.8) is 0 Å². The van der Waals surface area contributed by atoms with Crippen LogP contribution in [0, 0.1) is 5.92 Å². The van der Waals surface area contributed by atoms with E-state index in [1.54, 1.807) is 27.7 Å². The highest BCUT2D eigenvalue weighted by atomic mass is 16.6. The van der Waals surface area contributed by atoms with E-state index in [2.05, 4.69) is 0 Å². The summed E-state index contributed by atoms with van der Waals surface area (Å²) in [5.41, 5.74) is -0.540. The summed E-state index contributed by atoms with van der Waals surface area (Å²) in [6, 6.07) is -0.198. The molecule has 0 saturated carbocycles. The van der Waals surface area contributed by atoms with E-state index in [9.17, 15) is 9.59 Å². The van der Waals surface area contributed by atoms with Gasteiger partial charge in [-0.25, -0.2) is 4.79 Å². The molecule has 0 aromatic heterocycles. The molecule has 0 radical (unpaired) electrons. The molecule has 0 aromatic carbocycles. The maximum Gasteiger partial charge on any atom is 0.413 e. The van der Waals surface area contributed by atoms with E-state index in [4.69, 9.17) is 9.47 Å². The molecule has 2 atom stereocenters. The predicted molar refractivity (Wildman–Crippen MR) is 57.7 cm³/mol. The molecule has 1 aliphatic heterocycles. The quantitative estimate of drug-likeness (QED) is 0.594. The van der Waals surface area contributed by atoms with Gasteiger partial charge >= 0.3 is 12.1 Å². The molecule has 0 spiro atoms. The van der Waals surface area contributed by atoms with Crippen LogP contribution in [0.25, 0.3) is 0 Å². The van der Waals surface area contributed by atoms with Crippen molar-refractivity contribution in [3.05, 3.63) is 0 Å². The van der Waals surface area contributed by atoms with Gasteiger partial charge in [-0.15, -0.1) is 0 Å². The number of amides is 1. The van der Waals surface area contributed by atoms with Crippen molar-refractivity contribution >= 4 is 12.1 Å². The van der Waals surface area contributed by atoms with Gasteiger partial charge in [-0.1, -0.05) is 0 Å². The van der Waals surface area contributed by atoms with Gasteiger partial charge in [-0.2, -0.15) is 0 Å². The summed E-state index contributed by atoms with van der Waals surface area (Å²) in [7, 11) is 0. The van der Waals surface area contributed by atoms with Gasteiger partial charge in [0.1, 0.15) is 5.60 Å². The summed E-state index contributed by atoms with van der Waals surface area (Å²) < 4.78 is 10.1. The minimum atomic E-state index is -0.540. The number of rotatable bonds is 0. The predicted octanol–water partition coefficient (Wildman–Crippen LogP) is 1.76. The highest BCUT2D eigenvalue weighted by molar-refractivity contribution is 5.77. The van der Waals surface area contributed by atoms with Crippen LogP contribution in [0.15, 0.2) is 0 Å². The molecule has 1 heterocycles. The molecule has 5 nitrogen and oxygen atoms in total. The van der Waals surface area contributed by atoms with Gasteiger partial charge in [0.15, 0.2) is 6.73 Å². The van der Waals surface area contributed by atoms with Crippen molar-refractivity contribution in [2.24, 2.45) is 5.92 Å². The van der Waals surface area contributed by atoms with Crippen LogP contribution in [0.2, 0.25) is 0 Å². The zero-order valence-corrected chi connectivity index (χ0v) is 10.4. The van der Waals surface area contributed by atoms with E-state index >= 15 is 0 Å². The molecule has 1 saturated heterocycles. The molecule has 1 aliphatic rings. The zero-order chi connectivity index (χ0) is 12.5. The molecule has 0 N–H and O–H groups in total. The van der Waals surface area contributed by atoms with Crippen LogP contribution in [0.3, 0.4) is 0 Å². The minimum absolute atomic E-state index is 0.0285. The lowest BCUT2D eigenvalue weighted by atomic mass is 10.0. The molecule has 0 unspecified atom stereocenters. The van der Waals surface area contributed by atoms with Crippen LogP contribution in [-0.4, -0.2) is 35.3 Å². The number of ether oxygens (including phenoxy) is 2. The Kier molecular flexibility index (Phi) is 3.45. The smallest absolute Gasteiger partial charge is 0.413 e. The summed E-state index contributed by atoms with van der Waals surface area (Å²) in [6.07, 6.45) is -0.445. The summed E-state index contributed by atoms with van der Waals surface area (Å²) in [5.74, 6) is -0.589. The van der Waals surface area contributed by atoms with Crippen molar-refractivity contribution < 1.29 is 19.1 Å². The van der Waals surface area contributed by atoms with Crippen LogP contribution in [0.1, 0.15) is 34.6 Å². The van der Waals surface area contributed by atoms with Crippen LogP contribution in [0.5, 0.6) is 0 Å². The first-order chi connectivity index (χ1) is 7.22. The SMILES string of the molecule is C[C@H]1C(=O)OCN(C(=O)OC(C)(C)C)[C@H]1C. The summed E-state index contributed by atoms with van der Waals surface area (Å²) >= 11 is 0. The van der Waals surface area contributed by atoms with Crippen LogP contribution in [0.4, 0.5) is 4.79 Å². The van der Waals surface area contributed by atoms with E-state index in [1.807, 2.05) is 6.92 Å². The Labute approximate surface area is 95.7 Å². The molecule has 1 amide bonds. The van der Waals surface area contributed by atoms with E-state index < -0.39 is 11.7 Å². The molecule has 5 heteroatoms. The van der Waals surface area contributed by atoms with E-state index in [1.165, 1.54) is 4.90 Å². The van der Waals surface area contributed by atoms with Gasteiger partial charge in [0.2, 0.25) is 0 Å². The fourth-order valence-corrected chi connectivity index (χ4v) is 1.39. The number of hydrogen-bond acceptors (Lipinski definition) is 4. The van der Waals surface area contributed by atoms with Crippen molar-refractivity contribution in [1.29, 1.82) is 0 Å². The summed E-state index contributed by atoms with van der Waals surface area (Å²) in [5, 5.41) is 0. The largest absolute Gasteiger partial charge is 0.444 e. The van der Waals surface area contributed by atoms with E-state index in [0.717, 1.165) is 0 Å². The average molecular weight is 229 g/mol. The number of nitrogens with zero attached hydrogens (tertiary/aromatic N) is 1. The van der Waals surface area contributed by atoms with E-state index in [0.29, 0.717) is 0 Å². The van der Waals surface area contributed by atoms with Crippen molar-refractivity contribution in [2.75, 3.05) is 6.73 Å². The molecule has 92 valence electrons. The Morgan fingerprint density at radius 2 is 2.00 bits per heavy atom. The number of carbonyl (C=O) groups is 2. The highest BCUT2D eigenvalue weighted by Crippen LogP contribution is 2.21. The second-order valence-electron chi connectivity index (χ2n) is 5.07. The van der Waals surface area contributed by atoms with Gasteiger partial charge in [0.05, 0.1) is 5.92 Å². The first kappa shape index (κ1) is 12.8. The Morgan fingerprint density at radius 3 is 2.50 bits per heavy atom. The molecule has 0 aliphatic carbocycles. The second kappa shape index (κ2) is 4.31. The van der Waals surface area contributed by atoms with Crippen LogP contribution >= 0.6 is 0 Å². The zero-order valence-electron chi connectivity index (χ0n) is 10.4. The normalized spacial score (nSPS) is 26.3. The Balaban J connectivity index is 2.67. The fraction of sp³-hybridized carbons (Fsp3) is 0.818. The number of esters is 1. The monoisotopic (exact) mass is 229 g/mol. The minimum Gasteiger partial charge on any atom is -0.444 e. The molecule has 16 heavy (non-hydrogen) atoms. The van der Waals surface area contributed by atoms with Gasteiger partial charge < -0.3 is 9.47 Å². The summed E-state index contributed by atoms with van der Waals surface area (Å²) in [6.45, 7) is 8.93. The Bertz CT molecular complexity index is 295. The van der Waals surface area contributed by atoms with Crippen molar-refractivity contribution in [2.45, 2.75) is 46.3 Å². The number of hydrogen-bond donors (Lipinski definition) is 0. The van der Waals surface area contributed by atoms with E-state index in [-0.39, 0.29) is 24.7 Å². The van der Waals surface area contributed by atoms with Gasteiger partial charge in [0.25, 0.3) is 0 Å². The third-order valence-corrected chi connectivity index (χ3v) is 2.56. The van der Waals surface area contributed by atoms with Crippen molar-refractivity contribution in [1.82, 2.24) is 4.90 Å². The fourth-order valence-electron chi connectivity index (χ4n) is 1.39. The Hall–Kier alpha value is -1.26. The highest BCUT2D eigenvalue weighted by Gasteiger charge is 2.37. The molecular weight excluding hydrogens is 210 g/mol. The molecule has 0 bridgehead atoms. The molecule has 0 aromatic rings. The molecule has 1 rings (SSSR count). The van der Waals surface area contributed by atoms with Crippen LogP contribution < -0.4 is 0 Å². The maximum atomic E-state index is 11.8. The second-order valence-corrected chi connectivity index (χ2v) is 5.07. The third-order valence-electron chi connectivity index (χ3n) is 2.56. The third kappa shape index (κ3) is 2.87. The lowest BCUT2D eigenvalue weighted by molar-refractivity contribution is -0.165. The standard InChI is InChI=1S/C11H19NO4/c1-7-8(2)12(6-15-9(7)13)10(14)16-11(3,4)5/h7-8H,6H2,1-5H3/t7-,8+/m1/s1. The lowest BCUT2D eigenvalue weighted by Crippen LogP contribution is -2.52. The molecule has 1 fully saturated rings. The first-order valence-electron chi connectivity index (χ1n) is 5.38. The first-order valence-corrected chi connectivity index (χ1v) is 5.38. The van der Waals surface area contributed by atoms with Gasteiger partial charge in [0, 0.05) is 6.04 Å². The maximum absolute atomic E-state index is 11.8. The number of cyclic esters (lactones) is 1. The lowest BCUT2D eigenvalue weighted by Gasteiger charge is -2.37. The Morgan fingerprint density at radius 1 is 1.44 bits per heavy atom. The average Bonchev–Trinajstić information content (AvgIpc) is 2.11. The summed E-state index contributed by atoms with van der Waals surface area (Å²) in [4.78, 5) is 24.5.